The lowest BCUT2D eigenvalue weighted by molar-refractivity contribution is 0.452. The number of hydrazine groups is 1. The number of nitrogens with two attached hydrogens (primary N) is 1. The molecule has 3 N–H and O–H groups in total. The number of rotatable bonds is 3. The fourth-order valence-corrected chi connectivity index (χ4v) is 1.44. The van der Waals surface area contributed by atoms with Crippen molar-refractivity contribution in [1.29, 1.82) is 0 Å². The van der Waals surface area contributed by atoms with Crippen molar-refractivity contribution < 1.29 is 4.42 Å². The van der Waals surface area contributed by atoms with Crippen molar-refractivity contribution >= 4 is 11.6 Å². The molecular weight excluding hydrogens is 216 g/mol. The maximum absolute atomic E-state index is 5.68. The molecule has 0 amide bonds. The van der Waals surface area contributed by atoms with E-state index >= 15 is 0 Å². The van der Waals surface area contributed by atoms with E-state index in [1.165, 1.54) is 6.33 Å². The van der Waals surface area contributed by atoms with Gasteiger partial charge in [0, 0.05) is 18.0 Å². The molecule has 5 nitrogen and oxygen atoms in total. The Labute approximate surface area is 91.3 Å². The van der Waals surface area contributed by atoms with Crippen LogP contribution in [0.5, 0.6) is 0 Å². The third-order valence-electron chi connectivity index (χ3n) is 1.96. The quantitative estimate of drug-likeness (QED) is 0.607. The third kappa shape index (κ3) is 2.15. The van der Waals surface area contributed by atoms with Gasteiger partial charge in [-0.3, -0.25) is 5.84 Å². The van der Waals surface area contributed by atoms with E-state index in [2.05, 4.69) is 15.4 Å². The number of nitrogens with one attached hydrogen (secondary N) is 1. The van der Waals surface area contributed by atoms with Crippen molar-refractivity contribution in [3.8, 4) is 0 Å². The predicted molar refractivity (Wildman–Crippen MR) is 54.9 cm³/mol. The smallest absolute Gasteiger partial charge is 0.193 e. The molecule has 15 heavy (non-hydrogen) atoms. The predicted octanol–water partition coefficient (Wildman–Crippen LogP) is 1.28. The number of nitrogens with zero attached hydrogens (tertiary/aromatic N) is 2. The molecule has 78 valence electrons. The van der Waals surface area contributed by atoms with Crippen LogP contribution < -0.4 is 11.3 Å². The van der Waals surface area contributed by atoms with E-state index in [0.29, 0.717) is 11.0 Å². The molecule has 0 fully saturated rings. The van der Waals surface area contributed by atoms with Gasteiger partial charge in [-0.15, -0.1) is 0 Å². The van der Waals surface area contributed by atoms with Crippen molar-refractivity contribution in [2.45, 2.75) is 6.04 Å². The summed E-state index contributed by atoms with van der Waals surface area (Å²) in [7, 11) is 0. The lowest BCUT2D eigenvalue weighted by Gasteiger charge is -2.12. The van der Waals surface area contributed by atoms with Crippen LogP contribution in [-0.4, -0.2) is 9.97 Å². The van der Waals surface area contributed by atoms with E-state index in [1.807, 2.05) is 0 Å². The van der Waals surface area contributed by atoms with E-state index in [9.17, 15) is 0 Å². The zero-order chi connectivity index (χ0) is 10.7. The van der Waals surface area contributed by atoms with Crippen molar-refractivity contribution in [2.75, 3.05) is 0 Å². The molecule has 0 radical (unpaired) electrons. The number of furan rings is 1. The summed E-state index contributed by atoms with van der Waals surface area (Å²) < 4.78 is 5.26. The number of halogens is 1. The number of aromatic nitrogens is 2. The topological polar surface area (TPSA) is 77.0 Å². The molecule has 0 aliphatic heterocycles. The molecule has 0 bridgehead atoms. The van der Waals surface area contributed by atoms with Gasteiger partial charge >= 0.3 is 0 Å². The Morgan fingerprint density at radius 2 is 2.07 bits per heavy atom. The van der Waals surface area contributed by atoms with Gasteiger partial charge in [0.25, 0.3) is 0 Å². The van der Waals surface area contributed by atoms with Gasteiger partial charge in [0.05, 0.1) is 0 Å². The molecule has 1 atom stereocenters. The van der Waals surface area contributed by atoms with E-state index < -0.39 is 0 Å². The van der Waals surface area contributed by atoms with E-state index in [-0.39, 0.29) is 6.04 Å². The highest BCUT2D eigenvalue weighted by Crippen LogP contribution is 2.24. The molecule has 0 saturated heterocycles. The van der Waals surface area contributed by atoms with E-state index in [0.717, 1.165) is 5.56 Å². The highest BCUT2D eigenvalue weighted by atomic mass is 35.5. The van der Waals surface area contributed by atoms with Gasteiger partial charge in [-0.1, -0.05) is 0 Å². The normalized spacial score (nSPS) is 12.7. The highest BCUT2D eigenvalue weighted by Gasteiger charge is 2.16. The first-order valence-electron chi connectivity index (χ1n) is 4.27. The summed E-state index contributed by atoms with van der Waals surface area (Å²) >= 11 is 5.68. The maximum Gasteiger partial charge on any atom is 0.193 e. The van der Waals surface area contributed by atoms with Crippen LogP contribution in [0.15, 0.2) is 35.3 Å². The average molecular weight is 225 g/mol. The Balaban J connectivity index is 2.33. The van der Waals surface area contributed by atoms with Crippen molar-refractivity contribution in [2.24, 2.45) is 5.84 Å². The van der Waals surface area contributed by atoms with Crippen LogP contribution in [0.3, 0.4) is 0 Å². The second-order valence-electron chi connectivity index (χ2n) is 2.91. The molecule has 0 aliphatic carbocycles. The van der Waals surface area contributed by atoms with E-state index in [1.54, 1.807) is 24.5 Å². The first-order valence-corrected chi connectivity index (χ1v) is 4.65. The van der Waals surface area contributed by atoms with Gasteiger partial charge in [0.1, 0.15) is 18.1 Å². The van der Waals surface area contributed by atoms with Crippen molar-refractivity contribution in [3.05, 3.63) is 47.4 Å². The van der Waals surface area contributed by atoms with Crippen LogP contribution in [0.25, 0.3) is 0 Å². The Morgan fingerprint density at radius 1 is 1.33 bits per heavy atom. The summed E-state index contributed by atoms with van der Waals surface area (Å²) in [6, 6.07) is 3.11. The largest absolute Gasteiger partial charge is 0.448 e. The fourth-order valence-electron chi connectivity index (χ4n) is 1.29. The fraction of sp³-hybridized carbons (Fsp3) is 0.111. The Hall–Kier alpha value is -1.43. The molecule has 2 aromatic heterocycles. The molecule has 0 saturated carbocycles. The minimum Gasteiger partial charge on any atom is -0.448 e. The summed E-state index contributed by atoms with van der Waals surface area (Å²) in [5, 5.41) is 0.321. The SMILES string of the molecule is NNC(c1cncnc1)c1ccc(Cl)o1. The van der Waals surface area contributed by atoms with Gasteiger partial charge in [-0.2, -0.15) is 0 Å². The molecule has 0 aliphatic rings. The van der Waals surface area contributed by atoms with Crippen LogP contribution in [0, 0.1) is 0 Å². The van der Waals surface area contributed by atoms with Crippen LogP contribution in [-0.2, 0) is 0 Å². The maximum atomic E-state index is 5.68. The van der Waals surface area contributed by atoms with Gasteiger partial charge in [-0.25, -0.2) is 15.4 Å². The summed E-state index contributed by atoms with van der Waals surface area (Å²) in [4.78, 5) is 7.81. The van der Waals surface area contributed by atoms with Gasteiger partial charge < -0.3 is 4.42 Å². The summed E-state index contributed by atoms with van der Waals surface area (Å²) in [6.07, 6.45) is 4.77. The molecule has 2 aromatic rings. The zero-order valence-corrected chi connectivity index (χ0v) is 8.48. The van der Waals surface area contributed by atoms with Crippen molar-refractivity contribution in [3.63, 3.8) is 0 Å². The summed E-state index contributed by atoms with van der Waals surface area (Å²) in [6.45, 7) is 0. The summed E-state index contributed by atoms with van der Waals surface area (Å²) in [5.74, 6) is 6.06. The molecule has 2 rings (SSSR count). The lowest BCUT2D eigenvalue weighted by atomic mass is 10.1. The monoisotopic (exact) mass is 224 g/mol. The molecule has 2 heterocycles. The molecule has 0 spiro atoms. The second kappa shape index (κ2) is 4.39. The summed E-state index contributed by atoms with van der Waals surface area (Å²) in [5.41, 5.74) is 3.43. The first-order chi connectivity index (χ1) is 7.31. The van der Waals surface area contributed by atoms with Crippen LogP contribution in [0.2, 0.25) is 5.22 Å². The average Bonchev–Trinajstić information content (AvgIpc) is 2.68. The Kier molecular flexibility index (Phi) is 2.96. The lowest BCUT2D eigenvalue weighted by Crippen LogP contribution is -2.28. The molecule has 0 aromatic carbocycles. The van der Waals surface area contributed by atoms with Gasteiger partial charge in [-0.05, 0) is 23.7 Å². The zero-order valence-electron chi connectivity index (χ0n) is 7.72. The van der Waals surface area contributed by atoms with Crippen LogP contribution in [0.4, 0.5) is 0 Å². The molecule has 6 heteroatoms. The minimum absolute atomic E-state index is 0.293. The minimum atomic E-state index is -0.293. The number of hydrogen-bond acceptors (Lipinski definition) is 5. The van der Waals surface area contributed by atoms with Crippen LogP contribution >= 0.6 is 11.6 Å². The van der Waals surface area contributed by atoms with Crippen LogP contribution in [0.1, 0.15) is 17.4 Å². The third-order valence-corrected chi connectivity index (χ3v) is 2.16. The molecular formula is C9H9ClN4O. The first kappa shape index (κ1) is 10.1. The van der Waals surface area contributed by atoms with Gasteiger partial charge in [0.15, 0.2) is 5.22 Å². The Bertz CT molecular complexity index is 431. The standard InChI is InChI=1S/C9H9ClN4O/c10-8-2-1-7(15-8)9(14-11)6-3-12-5-13-4-6/h1-5,9,14H,11H2. The second-order valence-corrected chi connectivity index (χ2v) is 3.29. The van der Waals surface area contributed by atoms with Gasteiger partial charge in [0.2, 0.25) is 0 Å². The Morgan fingerprint density at radius 3 is 2.60 bits per heavy atom. The van der Waals surface area contributed by atoms with Crippen molar-refractivity contribution in [1.82, 2.24) is 15.4 Å². The molecule has 1 unspecified atom stereocenters. The van der Waals surface area contributed by atoms with E-state index in [4.69, 9.17) is 21.9 Å². The number of hydrogen-bond donors (Lipinski definition) is 2. The highest BCUT2D eigenvalue weighted by molar-refractivity contribution is 6.28.